The molecule has 0 spiro atoms. The van der Waals surface area contributed by atoms with Crippen molar-refractivity contribution in [3.63, 3.8) is 0 Å². The second-order valence-corrected chi connectivity index (χ2v) is 3.75. The topological polar surface area (TPSA) is 113 Å². The molecule has 0 aromatic carbocycles. The number of nitrogens with one attached hydrogen (secondary N) is 1. The van der Waals surface area contributed by atoms with Crippen LogP contribution in [0.4, 0.5) is 0 Å². The molecule has 7 heteroatoms. The van der Waals surface area contributed by atoms with Gasteiger partial charge in [-0.05, 0) is 13.0 Å². The summed E-state index contributed by atoms with van der Waals surface area (Å²) < 4.78 is 4.75. The third-order valence-electron chi connectivity index (χ3n) is 2.15. The zero-order chi connectivity index (χ0) is 14.0. The molecule has 104 valence electrons. The Morgan fingerprint density at radius 1 is 1.22 bits per heavy atom. The van der Waals surface area contributed by atoms with Crippen LogP contribution in [-0.2, 0) is 19.1 Å². The van der Waals surface area contributed by atoms with Gasteiger partial charge in [0.15, 0.2) is 0 Å². The van der Waals surface area contributed by atoms with Crippen molar-refractivity contribution < 1.29 is 29.3 Å². The number of hydrogen-bond donors (Lipinski definition) is 3. The quantitative estimate of drug-likeness (QED) is 0.483. The summed E-state index contributed by atoms with van der Waals surface area (Å²) in [6.07, 6.45) is 0.487. The normalized spacial score (nSPS) is 11.8. The molecule has 0 bridgehead atoms. The van der Waals surface area contributed by atoms with Gasteiger partial charge in [0, 0.05) is 6.42 Å². The predicted molar refractivity (Wildman–Crippen MR) is 62.2 cm³/mol. The molecule has 0 saturated heterocycles. The highest BCUT2D eigenvalue weighted by Crippen LogP contribution is 1.98. The minimum absolute atomic E-state index is 0.0356. The number of esters is 1. The van der Waals surface area contributed by atoms with Gasteiger partial charge in [0.05, 0.1) is 19.4 Å². The summed E-state index contributed by atoms with van der Waals surface area (Å²) in [5.74, 6) is -2.69. The highest BCUT2D eigenvalue weighted by Gasteiger charge is 2.16. The standard InChI is InChI=1S/C11H19NO6/c1-2-6-12-8(11(16)17)5-7-18-10(15)4-3-9(13)14/h8,12H,2-7H2,1H3,(H,13,14)(H,16,17). The average molecular weight is 261 g/mol. The molecule has 1 unspecified atom stereocenters. The Hall–Kier alpha value is -1.63. The van der Waals surface area contributed by atoms with Crippen molar-refractivity contribution in [1.29, 1.82) is 0 Å². The van der Waals surface area contributed by atoms with Crippen molar-refractivity contribution in [2.45, 2.75) is 38.6 Å². The van der Waals surface area contributed by atoms with E-state index in [4.69, 9.17) is 14.9 Å². The number of carbonyl (C=O) groups excluding carboxylic acids is 1. The second kappa shape index (κ2) is 9.41. The van der Waals surface area contributed by atoms with Crippen LogP contribution < -0.4 is 5.32 Å². The smallest absolute Gasteiger partial charge is 0.320 e. The van der Waals surface area contributed by atoms with Crippen LogP contribution in [0.5, 0.6) is 0 Å². The molecule has 0 heterocycles. The molecule has 0 rings (SSSR count). The summed E-state index contributed by atoms with van der Waals surface area (Å²) in [6.45, 7) is 2.45. The van der Waals surface area contributed by atoms with Gasteiger partial charge in [0.25, 0.3) is 0 Å². The molecule has 0 aliphatic carbocycles. The number of hydrogen-bond acceptors (Lipinski definition) is 5. The number of carboxylic acids is 2. The van der Waals surface area contributed by atoms with E-state index in [9.17, 15) is 14.4 Å². The van der Waals surface area contributed by atoms with Gasteiger partial charge in [-0.2, -0.15) is 0 Å². The van der Waals surface area contributed by atoms with E-state index in [0.717, 1.165) is 6.42 Å². The average Bonchev–Trinajstić information content (AvgIpc) is 2.30. The molecule has 0 aromatic rings. The van der Waals surface area contributed by atoms with Crippen molar-refractivity contribution >= 4 is 17.9 Å². The van der Waals surface area contributed by atoms with Crippen LogP contribution in [0.1, 0.15) is 32.6 Å². The van der Waals surface area contributed by atoms with Crippen LogP contribution in [0.3, 0.4) is 0 Å². The van der Waals surface area contributed by atoms with E-state index in [2.05, 4.69) is 5.32 Å². The van der Waals surface area contributed by atoms with E-state index < -0.39 is 23.9 Å². The monoisotopic (exact) mass is 261 g/mol. The maximum absolute atomic E-state index is 11.1. The fourth-order valence-corrected chi connectivity index (χ4v) is 1.20. The Balaban J connectivity index is 3.80. The largest absolute Gasteiger partial charge is 0.481 e. The van der Waals surface area contributed by atoms with Gasteiger partial charge in [0.1, 0.15) is 6.04 Å². The van der Waals surface area contributed by atoms with E-state index in [1.165, 1.54) is 0 Å². The molecule has 18 heavy (non-hydrogen) atoms. The van der Waals surface area contributed by atoms with Gasteiger partial charge in [-0.3, -0.25) is 14.4 Å². The van der Waals surface area contributed by atoms with Crippen molar-refractivity contribution in [3.05, 3.63) is 0 Å². The van der Waals surface area contributed by atoms with Crippen LogP contribution in [0, 0.1) is 0 Å². The van der Waals surface area contributed by atoms with E-state index in [0.29, 0.717) is 6.54 Å². The second-order valence-electron chi connectivity index (χ2n) is 3.75. The first-order chi connectivity index (χ1) is 8.47. The molecule has 1 atom stereocenters. The van der Waals surface area contributed by atoms with Crippen molar-refractivity contribution in [2.75, 3.05) is 13.2 Å². The summed E-state index contributed by atoms with van der Waals surface area (Å²) in [5.41, 5.74) is 0. The van der Waals surface area contributed by atoms with Gasteiger partial charge >= 0.3 is 17.9 Å². The third kappa shape index (κ3) is 8.51. The molecule has 0 amide bonds. The Kier molecular flexibility index (Phi) is 8.55. The van der Waals surface area contributed by atoms with Gasteiger partial charge in [-0.1, -0.05) is 6.92 Å². The van der Waals surface area contributed by atoms with Gasteiger partial charge in [-0.15, -0.1) is 0 Å². The van der Waals surface area contributed by atoms with Crippen molar-refractivity contribution in [3.8, 4) is 0 Å². The maximum Gasteiger partial charge on any atom is 0.320 e. The lowest BCUT2D eigenvalue weighted by molar-refractivity contribution is -0.149. The molecule has 0 aromatic heterocycles. The zero-order valence-electron chi connectivity index (χ0n) is 10.3. The van der Waals surface area contributed by atoms with E-state index in [1.54, 1.807) is 0 Å². The molecule has 0 saturated carbocycles. The highest BCUT2D eigenvalue weighted by atomic mass is 16.5. The fraction of sp³-hybridized carbons (Fsp3) is 0.727. The van der Waals surface area contributed by atoms with E-state index in [1.807, 2.05) is 6.92 Å². The van der Waals surface area contributed by atoms with E-state index >= 15 is 0 Å². The van der Waals surface area contributed by atoms with Crippen LogP contribution in [0.2, 0.25) is 0 Å². The lowest BCUT2D eigenvalue weighted by Gasteiger charge is -2.13. The summed E-state index contributed by atoms with van der Waals surface area (Å²) in [6, 6.07) is -0.753. The number of carboxylic acid groups (broad SMARTS) is 2. The number of rotatable bonds is 10. The molecule has 0 aliphatic rings. The Labute approximate surface area is 105 Å². The first-order valence-corrected chi connectivity index (χ1v) is 5.81. The molecular formula is C11H19NO6. The number of aliphatic carboxylic acids is 2. The molecule has 7 nitrogen and oxygen atoms in total. The predicted octanol–water partition coefficient (Wildman–Crippen LogP) is 0.237. The first kappa shape index (κ1) is 16.4. The lowest BCUT2D eigenvalue weighted by Crippen LogP contribution is -2.38. The van der Waals surface area contributed by atoms with Crippen LogP contribution in [-0.4, -0.2) is 47.3 Å². The highest BCUT2D eigenvalue weighted by molar-refractivity contribution is 5.76. The minimum Gasteiger partial charge on any atom is -0.481 e. The van der Waals surface area contributed by atoms with Gasteiger partial charge in [0.2, 0.25) is 0 Å². The lowest BCUT2D eigenvalue weighted by atomic mass is 10.2. The Morgan fingerprint density at radius 2 is 1.89 bits per heavy atom. The molecule has 3 N–H and O–H groups in total. The minimum atomic E-state index is -1.07. The maximum atomic E-state index is 11.1. The van der Waals surface area contributed by atoms with E-state index in [-0.39, 0.29) is 25.9 Å². The molecule has 0 aliphatic heterocycles. The van der Waals surface area contributed by atoms with Gasteiger partial charge in [-0.25, -0.2) is 0 Å². The van der Waals surface area contributed by atoms with Crippen molar-refractivity contribution in [2.24, 2.45) is 0 Å². The number of ether oxygens (including phenoxy) is 1. The molecular weight excluding hydrogens is 242 g/mol. The SMILES string of the molecule is CCCNC(CCOC(=O)CCC(=O)O)C(=O)O. The Morgan fingerprint density at radius 3 is 2.39 bits per heavy atom. The Bertz CT molecular complexity index is 291. The molecule has 0 radical (unpaired) electrons. The van der Waals surface area contributed by atoms with Gasteiger partial charge < -0.3 is 20.3 Å². The third-order valence-corrected chi connectivity index (χ3v) is 2.15. The summed E-state index contributed by atoms with van der Waals surface area (Å²) >= 11 is 0. The zero-order valence-corrected chi connectivity index (χ0v) is 10.3. The fourth-order valence-electron chi connectivity index (χ4n) is 1.20. The summed E-state index contributed by atoms with van der Waals surface area (Å²) in [5, 5.41) is 20.0. The summed E-state index contributed by atoms with van der Waals surface area (Å²) in [7, 11) is 0. The van der Waals surface area contributed by atoms with Crippen LogP contribution in [0.25, 0.3) is 0 Å². The van der Waals surface area contributed by atoms with Crippen molar-refractivity contribution in [1.82, 2.24) is 5.32 Å². The van der Waals surface area contributed by atoms with Crippen LogP contribution >= 0.6 is 0 Å². The molecule has 0 fully saturated rings. The number of carbonyl (C=O) groups is 3. The first-order valence-electron chi connectivity index (χ1n) is 5.81. The summed E-state index contributed by atoms with van der Waals surface area (Å²) in [4.78, 5) is 32.1. The van der Waals surface area contributed by atoms with Crippen LogP contribution in [0.15, 0.2) is 0 Å².